The van der Waals surface area contributed by atoms with E-state index in [1.54, 1.807) is 44.2 Å². The summed E-state index contributed by atoms with van der Waals surface area (Å²) in [4.78, 5) is 53.4. The molecule has 0 spiro atoms. The maximum absolute atomic E-state index is 12.7. The second-order valence-corrected chi connectivity index (χ2v) is 6.19. The van der Waals surface area contributed by atoms with Crippen LogP contribution >= 0.6 is 0 Å². The molecule has 0 heterocycles. The number of carbonyl (C=O) groups excluding carboxylic acids is 4. The monoisotopic (exact) mass is 380 g/mol. The Morgan fingerprint density at radius 3 is 2.15 bits per heavy atom. The maximum atomic E-state index is 12.7. The minimum absolute atomic E-state index is 0.0575. The Bertz CT molecular complexity index is 661. The normalized spacial score (nSPS) is 10.3. The molecule has 0 aromatic heterocycles. The highest BCUT2D eigenvalue weighted by molar-refractivity contribution is 5.88. The molecule has 1 N–H and O–H groups in total. The summed E-state index contributed by atoms with van der Waals surface area (Å²) in [5.41, 5.74) is 0.736. The van der Waals surface area contributed by atoms with Gasteiger partial charge in [-0.3, -0.25) is 19.4 Å². The van der Waals surface area contributed by atoms with Gasteiger partial charge in [0.15, 0.2) is 0 Å². The number of hydrogen-bond acceptors (Lipinski definition) is 7. The third kappa shape index (κ3) is 8.32. The molecule has 0 aliphatic heterocycles. The molecule has 0 saturated carbocycles. The molecular weight excluding hydrogens is 356 g/mol. The number of benzene rings is 1. The maximum Gasteiger partial charge on any atom is 0.410 e. The van der Waals surface area contributed by atoms with Crippen molar-refractivity contribution in [2.24, 2.45) is 0 Å². The topological polar surface area (TPSA) is 113 Å². The van der Waals surface area contributed by atoms with Crippen LogP contribution < -0.4 is 0 Å². The fourth-order valence-corrected chi connectivity index (χ4v) is 2.21. The zero-order valence-corrected chi connectivity index (χ0v) is 15.6. The third-order valence-corrected chi connectivity index (χ3v) is 3.33. The summed E-state index contributed by atoms with van der Waals surface area (Å²) in [5, 5.41) is 8.50. The van der Waals surface area contributed by atoms with Crippen LogP contribution in [0.3, 0.4) is 0 Å². The van der Waals surface area contributed by atoms with Crippen LogP contribution in [0.25, 0.3) is 0 Å². The Kier molecular flexibility index (Phi) is 8.94. The number of Topliss-reactive ketones (excluding diaryl/α,β-unsaturated/α-hetero) is 1. The molecule has 1 rings (SSSR count). The van der Waals surface area contributed by atoms with Crippen molar-refractivity contribution in [3.05, 3.63) is 35.9 Å². The summed E-state index contributed by atoms with van der Waals surface area (Å²) >= 11 is 0. The molecule has 0 saturated heterocycles. The lowest BCUT2D eigenvalue weighted by Crippen LogP contribution is -2.46. The second kappa shape index (κ2) is 10.9. The van der Waals surface area contributed by atoms with Gasteiger partial charge in [0.25, 0.3) is 0 Å². The van der Waals surface area contributed by atoms with Gasteiger partial charge in [-0.25, -0.2) is 9.59 Å². The van der Waals surface area contributed by atoms with Gasteiger partial charge in [0.1, 0.15) is 18.9 Å². The highest BCUT2D eigenvalue weighted by atomic mass is 17.1. The number of hydrogen-bond donors (Lipinski definition) is 1. The van der Waals surface area contributed by atoms with Crippen LogP contribution in [-0.4, -0.2) is 64.5 Å². The van der Waals surface area contributed by atoms with E-state index < -0.39 is 37.2 Å². The fourth-order valence-electron chi connectivity index (χ4n) is 2.21. The Balaban J connectivity index is 2.93. The molecule has 1 aromatic rings. The first-order valence-corrected chi connectivity index (χ1v) is 8.33. The van der Waals surface area contributed by atoms with Crippen LogP contribution in [-0.2, 0) is 30.6 Å². The van der Waals surface area contributed by atoms with Gasteiger partial charge in [0, 0.05) is 6.54 Å². The van der Waals surface area contributed by atoms with Crippen molar-refractivity contribution in [2.45, 2.75) is 33.4 Å². The van der Waals surface area contributed by atoms with Gasteiger partial charge in [-0.15, -0.1) is 0 Å². The minimum Gasteiger partial charge on any atom is -0.447 e. The zero-order chi connectivity index (χ0) is 20.4. The van der Waals surface area contributed by atoms with Crippen LogP contribution in [0.5, 0.6) is 0 Å². The van der Waals surface area contributed by atoms with Crippen molar-refractivity contribution in [3.8, 4) is 0 Å². The summed E-state index contributed by atoms with van der Waals surface area (Å²) in [7, 11) is 0. The van der Waals surface area contributed by atoms with Crippen LogP contribution in [0.2, 0.25) is 0 Å². The number of amides is 2. The van der Waals surface area contributed by atoms with Gasteiger partial charge < -0.3 is 9.64 Å². The molecule has 0 radical (unpaired) electrons. The van der Waals surface area contributed by atoms with Gasteiger partial charge in [0.05, 0.1) is 12.6 Å². The van der Waals surface area contributed by atoms with Crippen LogP contribution in [0.4, 0.5) is 4.79 Å². The summed E-state index contributed by atoms with van der Waals surface area (Å²) in [6, 6.07) is 8.85. The van der Waals surface area contributed by atoms with Gasteiger partial charge in [-0.05, 0) is 26.3 Å². The van der Waals surface area contributed by atoms with Crippen LogP contribution in [0.15, 0.2) is 30.3 Å². The predicted molar refractivity (Wildman–Crippen MR) is 94.5 cm³/mol. The number of ether oxygens (including phenoxy) is 1. The molecular formula is C18H24N2O7. The molecule has 0 atom stereocenters. The van der Waals surface area contributed by atoms with E-state index in [2.05, 4.69) is 4.89 Å². The first kappa shape index (κ1) is 22.1. The average molecular weight is 380 g/mol. The van der Waals surface area contributed by atoms with Crippen LogP contribution in [0.1, 0.15) is 26.3 Å². The molecule has 0 unspecified atom stereocenters. The summed E-state index contributed by atoms with van der Waals surface area (Å²) < 4.78 is 5.05. The highest BCUT2D eigenvalue weighted by Crippen LogP contribution is 2.07. The van der Waals surface area contributed by atoms with Gasteiger partial charge >= 0.3 is 12.1 Å². The SMILES string of the molecule is CC(=O)CN(CC(=O)N(CC(=O)OO)Cc1ccccc1)C(=O)OC(C)C. The molecule has 0 bridgehead atoms. The van der Waals surface area contributed by atoms with E-state index >= 15 is 0 Å². The third-order valence-electron chi connectivity index (χ3n) is 3.33. The van der Waals surface area contributed by atoms with E-state index in [1.165, 1.54) is 6.92 Å². The molecule has 0 fully saturated rings. The average Bonchev–Trinajstić information content (AvgIpc) is 2.60. The Labute approximate surface area is 157 Å². The predicted octanol–water partition coefficient (Wildman–Crippen LogP) is 1.47. The van der Waals surface area contributed by atoms with Crippen molar-refractivity contribution in [2.75, 3.05) is 19.6 Å². The van der Waals surface area contributed by atoms with E-state index in [-0.39, 0.29) is 18.9 Å². The number of ketones is 1. The van der Waals surface area contributed by atoms with Gasteiger partial charge in [-0.2, -0.15) is 5.26 Å². The Morgan fingerprint density at radius 2 is 1.63 bits per heavy atom. The van der Waals surface area contributed by atoms with Crippen molar-refractivity contribution in [1.82, 2.24) is 9.80 Å². The molecule has 27 heavy (non-hydrogen) atoms. The van der Waals surface area contributed by atoms with Gasteiger partial charge in [0.2, 0.25) is 5.91 Å². The first-order valence-electron chi connectivity index (χ1n) is 8.33. The van der Waals surface area contributed by atoms with E-state index in [1.807, 2.05) is 0 Å². The summed E-state index contributed by atoms with van der Waals surface area (Å²) in [5.74, 6) is -1.96. The lowest BCUT2D eigenvalue weighted by Gasteiger charge is -2.26. The van der Waals surface area contributed by atoms with E-state index in [0.717, 1.165) is 15.4 Å². The minimum atomic E-state index is -1.03. The Hall–Kier alpha value is -2.94. The summed E-state index contributed by atoms with van der Waals surface area (Å²) in [6.07, 6.45) is -1.23. The Morgan fingerprint density at radius 1 is 1.00 bits per heavy atom. The van der Waals surface area contributed by atoms with Gasteiger partial charge in [-0.1, -0.05) is 30.3 Å². The number of carbonyl (C=O) groups is 4. The fraction of sp³-hybridized carbons (Fsp3) is 0.444. The first-order chi connectivity index (χ1) is 12.7. The smallest absolute Gasteiger partial charge is 0.410 e. The zero-order valence-electron chi connectivity index (χ0n) is 15.6. The molecule has 2 amide bonds. The van der Waals surface area contributed by atoms with Crippen LogP contribution in [0, 0.1) is 0 Å². The van der Waals surface area contributed by atoms with Crippen molar-refractivity contribution in [1.29, 1.82) is 0 Å². The lowest BCUT2D eigenvalue weighted by atomic mass is 10.2. The standard InChI is InChI=1S/C18H24N2O7/c1-13(2)26-18(24)20(9-14(3)21)11-16(22)19(12-17(23)27-25)10-15-7-5-4-6-8-15/h4-8,13,25H,9-12H2,1-3H3. The number of nitrogens with zero attached hydrogens (tertiary/aromatic N) is 2. The number of rotatable bonds is 9. The van der Waals surface area contributed by atoms with Crippen molar-refractivity contribution < 1.29 is 34.1 Å². The molecule has 148 valence electrons. The molecule has 9 nitrogen and oxygen atoms in total. The summed E-state index contributed by atoms with van der Waals surface area (Å²) in [6.45, 7) is 3.34. The largest absolute Gasteiger partial charge is 0.447 e. The lowest BCUT2D eigenvalue weighted by molar-refractivity contribution is -0.235. The molecule has 0 aliphatic carbocycles. The molecule has 9 heteroatoms. The molecule has 0 aliphatic rings. The highest BCUT2D eigenvalue weighted by Gasteiger charge is 2.25. The van der Waals surface area contributed by atoms with Crippen molar-refractivity contribution >= 4 is 23.8 Å². The quantitative estimate of drug-likeness (QED) is 0.510. The van der Waals surface area contributed by atoms with E-state index in [0.29, 0.717) is 0 Å². The second-order valence-electron chi connectivity index (χ2n) is 6.19. The molecule has 1 aromatic carbocycles. The van der Waals surface area contributed by atoms with Crippen molar-refractivity contribution in [3.63, 3.8) is 0 Å². The van der Waals surface area contributed by atoms with E-state index in [9.17, 15) is 19.2 Å². The van der Waals surface area contributed by atoms with E-state index in [4.69, 9.17) is 9.99 Å².